The summed E-state index contributed by atoms with van der Waals surface area (Å²) >= 11 is 3.59. The van der Waals surface area contributed by atoms with E-state index in [-0.39, 0.29) is 0 Å². The summed E-state index contributed by atoms with van der Waals surface area (Å²) < 4.78 is 13.9. The molecule has 0 aliphatic heterocycles. The zero-order valence-corrected chi connectivity index (χ0v) is 12.4. The number of hydrogen-bond donors (Lipinski definition) is 0. The van der Waals surface area contributed by atoms with E-state index < -0.39 is 0 Å². The molecule has 4 nitrogen and oxygen atoms in total. The first-order valence-corrected chi connectivity index (χ1v) is 6.93. The van der Waals surface area contributed by atoms with Crippen LogP contribution in [0.3, 0.4) is 0 Å². The van der Waals surface area contributed by atoms with Crippen LogP contribution in [0.4, 0.5) is 0 Å². The van der Waals surface area contributed by atoms with Gasteiger partial charge in [-0.3, -0.25) is 4.68 Å². The number of hydrogen-bond acceptors (Lipinski definition) is 3. The SMILES string of the molecule is CCOCCOCc1c(Br)c(CC)nn1CC. The maximum absolute atomic E-state index is 5.59. The van der Waals surface area contributed by atoms with Gasteiger partial charge < -0.3 is 9.47 Å². The minimum Gasteiger partial charge on any atom is -0.379 e. The molecule has 0 saturated carbocycles. The summed E-state index contributed by atoms with van der Waals surface area (Å²) in [5, 5.41) is 4.52. The Morgan fingerprint density at radius 1 is 1.18 bits per heavy atom. The molecule has 1 rings (SSSR count). The van der Waals surface area contributed by atoms with Crippen LogP contribution >= 0.6 is 15.9 Å². The van der Waals surface area contributed by atoms with Crippen LogP contribution in [0.2, 0.25) is 0 Å². The molecule has 0 aromatic carbocycles. The molecule has 0 aliphatic rings. The average molecular weight is 305 g/mol. The molecular formula is C12H21BrN2O2. The highest BCUT2D eigenvalue weighted by Gasteiger charge is 2.13. The van der Waals surface area contributed by atoms with E-state index in [4.69, 9.17) is 9.47 Å². The summed E-state index contributed by atoms with van der Waals surface area (Å²) in [6.07, 6.45) is 0.930. The Hall–Kier alpha value is -0.390. The maximum Gasteiger partial charge on any atom is 0.0897 e. The first-order valence-electron chi connectivity index (χ1n) is 6.14. The van der Waals surface area contributed by atoms with E-state index in [0.717, 1.165) is 35.4 Å². The van der Waals surface area contributed by atoms with Gasteiger partial charge in [0.25, 0.3) is 0 Å². The van der Waals surface area contributed by atoms with E-state index >= 15 is 0 Å². The van der Waals surface area contributed by atoms with Gasteiger partial charge in [0.05, 0.1) is 35.7 Å². The Morgan fingerprint density at radius 2 is 1.88 bits per heavy atom. The lowest BCUT2D eigenvalue weighted by molar-refractivity contribution is 0.0426. The first-order chi connectivity index (χ1) is 8.24. The predicted molar refractivity (Wildman–Crippen MR) is 71.1 cm³/mol. The third-order valence-corrected chi connectivity index (χ3v) is 3.42. The third kappa shape index (κ3) is 4.08. The fraction of sp³-hybridized carbons (Fsp3) is 0.750. The summed E-state index contributed by atoms with van der Waals surface area (Å²) in [6, 6.07) is 0. The van der Waals surface area contributed by atoms with Gasteiger partial charge in [-0.25, -0.2) is 0 Å². The van der Waals surface area contributed by atoms with Crippen LogP contribution in [0, 0.1) is 0 Å². The smallest absolute Gasteiger partial charge is 0.0897 e. The second-order valence-corrected chi connectivity index (χ2v) is 4.42. The quantitative estimate of drug-likeness (QED) is 0.693. The standard InChI is InChI=1S/C12H21BrN2O2/c1-4-10-12(13)11(15(5-2)14-10)9-17-8-7-16-6-3/h4-9H2,1-3H3. The summed E-state index contributed by atoms with van der Waals surface area (Å²) in [5.74, 6) is 0. The Labute approximate surface area is 111 Å². The van der Waals surface area contributed by atoms with Crippen LogP contribution in [0.15, 0.2) is 4.47 Å². The normalized spacial score (nSPS) is 11.1. The largest absolute Gasteiger partial charge is 0.379 e. The van der Waals surface area contributed by atoms with Gasteiger partial charge in [-0.15, -0.1) is 0 Å². The second kappa shape index (κ2) is 7.84. The highest BCUT2D eigenvalue weighted by Crippen LogP contribution is 2.22. The molecule has 0 N–H and O–H groups in total. The zero-order chi connectivity index (χ0) is 12.7. The summed E-state index contributed by atoms with van der Waals surface area (Å²) in [7, 11) is 0. The van der Waals surface area contributed by atoms with Crippen molar-refractivity contribution in [2.75, 3.05) is 19.8 Å². The van der Waals surface area contributed by atoms with Crippen molar-refractivity contribution in [1.29, 1.82) is 0 Å². The molecule has 0 saturated heterocycles. The first kappa shape index (κ1) is 14.7. The van der Waals surface area contributed by atoms with Crippen molar-refractivity contribution in [1.82, 2.24) is 9.78 Å². The summed E-state index contributed by atoms with van der Waals surface area (Å²) in [4.78, 5) is 0. The molecule has 0 fully saturated rings. The lowest BCUT2D eigenvalue weighted by Crippen LogP contribution is -2.08. The molecule has 1 heterocycles. The third-order valence-electron chi connectivity index (χ3n) is 2.51. The van der Waals surface area contributed by atoms with Crippen LogP contribution in [0.25, 0.3) is 0 Å². The van der Waals surface area contributed by atoms with E-state index in [1.165, 1.54) is 0 Å². The minimum atomic E-state index is 0.578. The van der Waals surface area contributed by atoms with Crippen molar-refractivity contribution in [3.8, 4) is 0 Å². The zero-order valence-electron chi connectivity index (χ0n) is 10.8. The fourth-order valence-electron chi connectivity index (χ4n) is 1.59. The van der Waals surface area contributed by atoms with Crippen molar-refractivity contribution in [3.05, 3.63) is 15.9 Å². The monoisotopic (exact) mass is 304 g/mol. The van der Waals surface area contributed by atoms with Crippen LogP contribution in [0.1, 0.15) is 32.2 Å². The van der Waals surface area contributed by atoms with Gasteiger partial charge in [-0.1, -0.05) is 6.92 Å². The van der Waals surface area contributed by atoms with Crippen LogP contribution in [0.5, 0.6) is 0 Å². The van der Waals surface area contributed by atoms with Gasteiger partial charge in [0.2, 0.25) is 0 Å². The van der Waals surface area contributed by atoms with Gasteiger partial charge in [0, 0.05) is 13.2 Å². The van der Waals surface area contributed by atoms with Gasteiger partial charge in [0.1, 0.15) is 0 Å². The molecule has 0 unspecified atom stereocenters. The predicted octanol–water partition coefficient (Wildman–Crippen LogP) is 2.78. The lowest BCUT2D eigenvalue weighted by atomic mass is 10.3. The number of nitrogens with zero attached hydrogens (tertiary/aromatic N) is 2. The van der Waals surface area contributed by atoms with Gasteiger partial charge >= 0.3 is 0 Å². The van der Waals surface area contributed by atoms with Crippen molar-refractivity contribution in [2.45, 2.75) is 40.3 Å². The molecule has 0 spiro atoms. The van der Waals surface area contributed by atoms with E-state index in [1.807, 2.05) is 11.6 Å². The topological polar surface area (TPSA) is 36.3 Å². The van der Waals surface area contributed by atoms with Gasteiger partial charge in [0.15, 0.2) is 0 Å². The van der Waals surface area contributed by atoms with E-state index in [9.17, 15) is 0 Å². The van der Waals surface area contributed by atoms with Crippen LogP contribution < -0.4 is 0 Å². The van der Waals surface area contributed by atoms with Crippen LogP contribution in [-0.4, -0.2) is 29.6 Å². The fourth-order valence-corrected chi connectivity index (χ4v) is 2.27. The Morgan fingerprint density at radius 3 is 2.47 bits per heavy atom. The molecule has 0 bridgehead atoms. The molecule has 0 amide bonds. The minimum absolute atomic E-state index is 0.578. The number of ether oxygens (including phenoxy) is 2. The molecule has 98 valence electrons. The Balaban J connectivity index is 2.54. The molecule has 0 aliphatic carbocycles. The summed E-state index contributed by atoms with van der Waals surface area (Å²) in [6.45, 7) is 9.62. The number of rotatable bonds is 8. The summed E-state index contributed by atoms with van der Waals surface area (Å²) in [5.41, 5.74) is 2.20. The molecule has 0 radical (unpaired) electrons. The lowest BCUT2D eigenvalue weighted by Gasteiger charge is -2.07. The number of aromatic nitrogens is 2. The van der Waals surface area contributed by atoms with Crippen molar-refractivity contribution < 1.29 is 9.47 Å². The number of halogens is 1. The van der Waals surface area contributed by atoms with E-state index in [1.54, 1.807) is 0 Å². The van der Waals surface area contributed by atoms with Crippen molar-refractivity contribution in [2.24, 2.45) is 0 Å². The van der Waals surface area contributed by atoms with Crippen LogP contribution in [-0.2, 0) is 29.0 Å². The van der Waals surface area contributed by atoms with Crippen molar-refractivity contribution in [3.63, 3.8) is 0 Å². The molecule has 1 aromatic rings. The van der Waals surface area contributed by atoms with E-state index in [2.05, 4.69) is 34.9 Å². The molecule has 0 atom stereocenters. The highest BCUT2D eigenvalue weighted by molar-refractivity contribution is 9.10. The van der Waals surface area contributed by atoms with Crippen molar-refractivity contribution >= 4 is 15.9 Å². The van der Waals surface area contributed by atoms with Gasteiger partial charge in [-0.05, 0) is 36.2 Å². The van der Waals surface area contributed by atoms with E-state index in [0.29, 0.717) is 19.8 Å². The Bertz CT molecular complexity index is 339. The highest BCUT2D eigenvalue weighted by atomic mass is 79.9. The number of aryl methyl sites for hydroxylation is 2. The molecule has 1 aromatic heterocycles. The maximum atomic E-state index is 5.59. The second-order valence-electron chi connectivity index (χ2n) is 3.63. The molecule has 17 heavy (non-hydrogen) atoms. The molecule has 5 heteroatoms. The molecular weight excluding hydrogens is 284 g/mol. The van der Waals surface area contributed by atoms with Gasteiger partial charge in [-0.2, -0.15) is 5.10 Å². The average Bonchev–Trinajstić information content (AvgIpc) is 2.65. The Kier molecular flexibility index (Phi) is 6.77.